The van der Waals surface area contributed by atoms with Crippen molar-refractivity contribution in [1.29, 1.82) is 0 Å². The third-order valence-electron chi connectivity index (χ3n) is 10.4. The zero-order valence-electron chi connectivity index (χ0n) is 31.0. The molecule has 0 aromatic heterocycles. The molecule has 6 rings (SSSR count). The van der Waals surface area contributed by atoms with Gasteiger partial charge in [-0.05, 0) is 36.8 Å². The second-order valence-electron chi connectivity index (χ2n) is 15.6. The number of para-hydroxylation sites is 1. The monoisotopic (exact) mass is 797 g/mol. The molecule has 0 radical (unpaired) electrons. The molecule has 2 fully saturated rings. The molecule has 0 amide bonds. The predicted molar refractivity (Wildman–Crippen MR) is 215 cm³/mol. The molecule has 1 aliphatic heterocycles. The standard InChI is InChI=1S/C23H36N.C22H21N.2ClH.Ru/c1-17(2)19-11-10-12-20(18(3)4)21(19)24-16-23(15-22(24,5)6)13-8-7-9-14-23;1-19-10-8-9-15-22(19)18-23(16-20-11-4-2-5-12-20)17-21-13-6-3-7-14-21;;;/h10-12,16-18H,7-9,13-15H2,1-6H3;1-15H,16-18H2;2*1H;/q-1;;;;+2/p-2. The Balaban J connectivity index is 0.000000195. The number of benzene rings is 4. The van der Waals surface area contributed by atoms with Crippen LogP contribution in [0, 0.1) is 12.0 Å². The number of nitrogens with zero attached hydrogens (tertiary/aromatic N) is 2. The van der Waals surface area contributed by atoms with E-state index in [1.165, 1.54) is 72.0 Å². The van der Waals surface area contributed by atoms with Crippen LogP contribution in [0.5, 0.6) is 0 Å². The fraction of sp³-hybridized carbons (Fsp3) is 0.422. The third kappa shape index (κ3) is 10.4. The fourth-order valence-corrected chi connectivity index (χ4v) is 9.99. The first-order chi connectivity index (χ1) is 24.0. The molecule has 4 aromatic rings. The van der Waals surface area contributed by atoms with E-state index >= 15 is 0 Å². The SMILES string of the molecule is CC(C)c1cccc(C(C)C)c1N1[CH-]C2(CCCCC2)CC1(C)C.[Cl][Ru]([Cl])=[CH]c1ccccc1CN(Cc1ccccc1)Cc1ccccc1. The number of hydrogen-bond donors (Lipinski definition) is 0. The molecule has 0 atom stereocenters. The van der Waals surface area contributed by atoms with E-state index in [1.54, 1.807) is 0 Å². The minimum atomic E-state index is -1.85. The Morgan fingerprint density at radius 2 is 1.22 bits per heavy atom. The van der Waals surface area contributed by atoms with Crippen molar-refractivity contribution >= 4 is 29.7 Å². The summed E-state index contributed by atoms with van der Waals surface area (Å²) in [6.07, 6.45) is 8.31. The van der Waals surface area contributed by atoms with Gasteiger partial charge in [-0.15, -0.1) is 5.41 Å². The molecule has 0 N–H and O–H groups in total. The van der Waals surface area contributed by atoms with Crippen LogP contribution in [0.4, 0.5) is 5.69 Å². The minimum absolute atomic E-state index is 0.214. The van der Waals surface area contributed by atoms with Crippen molar-refractivity contribution in [1.82, 2.24) is 4.90 Å². The number of hydrogen-bond acceptors (Lipinski definition) is 2. The van der Waals surface area contributed by atoms with E-state index < -0.39 is 13.5 Å². The number of halogens is 2. The Hall–Kier alpha value is -2.29. The molecule has 5 heteroatoms. The maximum atomic E-state index is 6.12. The van der Waals surface area contributed by atoms with Gasteiger partial charge in [-0.3, -0.25) is 0 Å². The molecular weight excluding hydrogens is 740 g/mol. The first-order valence-corrected chi connectivity index (χ1v) is 23.9. The van der Waals surface area contributed by atoms with Crippen molar-refractivity contribution in [2.75, 3.05) is 4.90 Å². The van der Waals surface area contributed by atoms with Gasteiger partial charge in [-0.1, -0.05) is 84.4 Å². The van der Waals surface area contributed by atoms with Crippen LogP contribution in [-0.4, -0.2) is 15.0 Å². The average molecular weight is 798 g/mol. The van der Waals surface area contributed by atoms with E-state index in [4.69, 9.17) is 19.4 Å². The Labute approximate surface area is 316 Å². The molecule has 0 unspecified atom stereocenters. The first-order valence-electron chi connectivity index (χ1n) is 18.5. The van der Waals surface area contributed by atoms with E-state index in [0.717, 1.165) is 25.2 Å². The Morgan fingerprint density at radius 1 is 0.700 bits per heavy atom. The molecular formula is C45H57Cl2N2Ru-. The number of anilines is 1. The van der Waals surface area contributed by atoms with Gasteiger partial charge in [0.25, 0.3) is 0 Å². The molecule has 1 aliphatic carbocycles. The summed E-state index contributed by atoms with van der Waals surface area (Å²) >= 11 is -1.85. The molecule has 4 aromatic carbocycles. The van der Waals surface area contributed by atoms with Gasteiger partial charge in [0.1, 0.15) is 0 Å². The second-order valence-corrected chi connectivity index (χ2v) is 21.4. The summed E-state index contributed by atoms with van der Waals surface area (Å²) in [5, 5.41) is 0. The van der Waals surface area contributed by atoms with Crippen molar-refractivity contribution in [2.45, 2.75) is 117 Å². The molecule has 1 spiro atoms. The van der Waals surface area contributed by atoms with Crippen LogP contribution in [0.15, 0.2) is 103 Å². The van der Waals surface area contributed by atoms with Crippen molar-refractivity contribution in [2.24, 2.45) is 5.41 Å². The summed E-state index contributed by atoms with van der Waals surface area (Å²) in [6, 6.07) is 36.5. The topological polar surface area (TPSA) is 6.48 Å². The van der Waals surface area contributed by atoms with Crippen LogP contribution in [0.1, 0.15) is 125 Å². The van der Waals surface area contributed by atoms with Gasteiger partial charge in [-0.25, -0.2) is 6.54 Å². The summed E-state index contributed by atoms with van der Waals surface area (Å²) in [4.78, 5) is 5.14. The normalized spacial score (nSPS) is 16.9. The van der Waals surface area contributed by atoms with Crippen molar-refractivity contribution < 1.29 is 13.5 Å². The second kappa shape index (κ2) is 18.0. The molecule has 0 bridgehead atoms. The first kappa shape index (κ1) is 38.9. The molecule has 2 nitrogen and oxygen atoms in total. The molecule has 2 aliphatic rings. The molecule has 1 heterocycles. The zero-order valence-corrected chi connectivity index (χ0v) is 34.2. The van der Waals surface area contributed by atoms with Gasteiger partial charge in [0, 0.05) is 11.2 Å². The number of rotatable bonds is 10. The van der Waals surface area contributed by atoms with E-state index in [0.29, 0.717) is 17.3 Å². The Bertz CT molecular complexity index is 1600. The van der Waals surface area contributed by atoms with Crippen molar-refractivity contribution in [3.05, 3.63) is 143 Å². The summed E-state index contributed by atoms with van der Waals surface area (Å²) in [5.74, 6) is 1.12. The summed E-state index contributed by atoms with van der Waals surface area (Å²) < 4.78 is 2.03. The quantitative estimate of drug-likeness (QED) is 0.116. The van der Waals surface area contributed by atoms with Crippen molar-refractivity contribution in [3.63, 3.8) is 0 Å². The van der Waals surface area contributed by atoms with Gasteiger partial charge >= 0.3 is 169 Å². The molecule has 1 saturated heterocycles. The van der Waals surface area contributed by atoms with Crippen LogP contribution >= 0.6 is 19.4 Å². The zero-order chi connectivity index (χ0) is 35.7. The van der Waals surface area contributed by atoms with Crippen LogP contribution in [-0.2, 0) is 33.2 Å². The van der Waals surface area contributed by atoms with Gasteiger partial charge in [0.15, 0.2) is 0 Å². The van der Waals surface area contributed by atoms with Crippen LogP contribution in [0.2, 0.25) is 0 Å². The summed E-state index contributed by atoms with van der Waals surface area (Å²) in [6.45, 7) is 19.5. The van der Waals surface area contributed by atoms with Crippen LogP contribution < -0.4 is 4.90 Å². The maximum absolute atomic E-state index is 6.12. The van der Waals surface area contributed by atoms with E-state index in [1.807, 2.05) is 10.7 Å². The van der Waals surface area contributed by atoms with Gasteiger partial charge < -0.3 is 4.90 Å². The summed E-state index contributed by atoms with van der Waals surface area (Å²) in [5.41, 5.74) is 10.2. The third-order valence-corrected chi connectivity index (χ3v) is 12.2. The summed E-state index contributed by atoms with van der Waals surface area (Å²) in [7, 11) is 12.2. The van der Waals surface area contributed by atoms with E-state index in [9.17, 15) is 0 Å². The fourth-order valence-electron chi connectivity index (χ4n) is 8.11. The Morgan fingerprint density at radius 3 is 1.74 bits per heavy atom. The van der Waals surface area contributed by atoms with Gasteiger partial charge in [-0.2, -0.15) is 0 Å². The predicted octanol–water partition coefficient (Wildman–Crippen LogP) is 13.0. The Kier molecular flexibility index (Phi) is 14.0. The van der Waals surface area contributed by atoms with Gasteiger partial charge in [0.05, 0.1) is 0 Å². The van der Waals surface area contributed by atoms with Crippen LogP contribution in [0.25, 0.3) is 0 Å². The molecule has 1 saturated carbocycles. The van der Waals surface area contributed by atoms with Crippen LogP contribution in [0.3, 0.4) is 0 Å². The van der Waals surface area contributed by atoms with E-state index in [2.05, 4.69) is 155 Å². The van der Waals surface area contributed by atoms with Gasteiger partial charge in [0.2, 0.25) is 0 Å². The van der Waals surface area contributed by atoms with Crippen molar-refractivity contribution in [3.8, 4) is 0 Å². The average Bonchev–Trinajstić information content (AvgIpc) is 3.35. The van der Waals surface area contributed by atoms with E-state index in [-0.39, 0.29) is 5.54 Å². The molecule has 270 valence electrons. The molecule has 50 heavy (non-hydrogen) atoms.